The number of hydrogen-bond acceptors (Lipinski definition) is 3. The highest BCUT2D eigenvalue weighted by Gasteiger charge is 2.12. The molecule has 2 rings (SSSR count). The summed E-state index contributed by atoms with van der Waals surface area (Å²) in [6.07, 6.45) is 0. The second kappa shape index (κ2) is 3.94. The van der Waals surface area contributed by atoms with Gasteiger partial charge in [0, 0.05) is 7.05 Å². The van der Waals surface area contributed by atoms with E-state index in [2.05, 4.69) is 10.1 Å². The van der Waals surface area contributed by atoms with E-state index in [-0.39, 0.29) is 0 Å². The summed E-state index contributed by atoms with van der Waals surface area (Å²) < 4.78 is 1.42. The average molecular weight is 237 g/mol. The summed E-state index contributed by atoms with van der Waals surface area (Å²) >= 11 is 5.77. The normalized spacial score (nSPS) is 10.4. The summed E-state index contributed by atoms with van der Waals surface area (Å²) in [5.41, 5.74) is 6.70. The lowest BCUT2D eigenvalue weighted by molar-refractivity contribution is 0.0991. The van der Waals surface area contributed by atoms with Gasteiger partial charge in [-0.2, -0.15) is 5.10 Å². The summed E-state index contributed by atoms with van der Waals surface area (Å²) in [4.78, 5) is 15.1. The summed E-state index contributed by atoms with van der Waals surface area (Å²) in [6.45, 7) is 0. The monoisotopic (exact) mass is 236 g/mol. The molecule has 1 amide bonds. The Morgan fingerprint density at radius 3 is 2.75 bits per heavy atom. The number of aryl methyl sites for hydroxylation is 1. The number of primary amides is 1. The fourth-order valence-corrected chi connectivity index (χ4v) is 1.54. The van der Waals surface area contributed by atoms with E-state index in [9.17, 15) is 4.79 Å². The predicted octanol–water partition coefficient (Wildman–Crippen LogP) is 1.23. The molecule has 0 unspecified atom stereocenters. The van der Waals surface area contributed by atoms with E-state index in [4.69, 9.17) is 17.3 Å². The van der Waals surface area contributed by atoms with Crippen molar-refractivity contribution >= 4 is 17.5 Å². The van der Waals surface area contributed by atoms with Crippen molar-refractivity contribution in [3.63, 3.8) is 0 Å². The van der Waals surface area contributed by atoms with Crippen molar-refractivity contribution in [3.8, 4) is 11.4 Å². The zero-order chi connectivity index (χ0) is 11.7. The van der Waals surface area contributed by atoms with Gasteiger partial charge in [0.25, 0.3) is 5.91 Å². The third-order valence-corrected chi connectivity index (χ3v) is 2.32. The molecule has 0 aliphatic rings. The van der Waals surface area contributed by atoms with E-state index in [1.807, 2.05) is 0 Å². The molecule has 0 aromatic carbocycles. The maximum Gasteiger partial charge on any atom is 0.266 e. The van der Waals surface area contributed by atoms with Gasteiger partial charge in [0.05, 0.1) is 5.69 Å². The Kier molecular flexibility index (Phi) is 2.62. The molecule has 0 aliphatic heterocycles. The van der Waals surface area contributed by atoms with Crippen molar-refractivity contribution in [2.24, 2.45) is 12.8 Å². The molecule has 5 nitrogen and oxygen atoms in total. The zero-order valence-corrected chi connectivity index (χ0v) is 9.27. The second-order valence-corrected chi connectivity index (χ2v) is 3.64. The van der Waals surface area contributed by atoms with Gasteiger partial charge in [-0.1, -0.05) is 17.7 Å². The molecular formula is C10H9ClN4O. The van der Waals surface area contributed by atoms with Crippen LogP contribution < -0.4 is 5.73 Å². The number of nitrogens with two attached hydrogens (primary N) is 1. The Bertz CT molecular complexity index is 550. The van der Waals surface area contributed by atoms with E-state index in [1.54, 1.807) is 31.3 Å². The number of pyridine rings is 1. The standard InChI is InChI=1S/C10H9ClN4O/c1-15-8(10(12)16)5-7(14-15)6-3-2-4-9(11)13-6/h2-5H,1H3,(H2,12,16). The van der Waals surface area contributed by atoms with Crippen LogP contribution in [0.25, 0.3) is 11.4 Å². The van der Waals surface area contributed by atoms with Crippen molar-refractivity contribution in [2.75, 3.05) is 0 Å². The van der Waals surface area contributed by atoms with E-state index < -0.39 is 5.91 Å². The minimum absolute atomic E-state index is 0.330. The number of hydrogen-bond donors (Lipinski definition) is 1. The van der Waals surface area contributed by atoms with E-state index in [1.165, 1.54) is 4.68 Å². The minimum Gasteiger partial charge on any atom is -0.364 e. The van der Waals surface area contributed by atoms with Gasteiger partial charge in [0.15, 0.2) is 0 Å². The number of halogens is 1. The molecule has 6 heteroatoms. The van der Waals surface area contributed by atoms with Gasteiger partial charge in [0.2, 0.25) is 0 Å². The molecule has 0 saturated carbocycles. The second-order valence-electron chi connectivity index (χ2n) is 3.25. The predicted molar refractivity (Wildman–Crippen MR) is 60.0 cm³/mol. The number of carbonyl (C=O) groups excluding carboxylic acids is 1. The molecule has 2 heterocycles. The van der Waals surface area contributed by atoms with Crippen molar-refractivity contribution in [1.29, 1.82) is 0 Å². The number of amides is 1. The summed E-state index contributed by atoms with van der Waals surface area (Å²) in [5.74, 6) is -0.525. The van der Waals surface area contributed by atoms with Crippen LogP contribution in [0.4, 0.5) is 0 Å². The molecule has 0 spiro atoms. The van der Waals surface area contributed by atoms with Gasteiger partial charge in [-0.05, 0) is 18.2 Å². The summed E-state index contributed by atoms with van der Waals surface area (Å²) in [7, 11) is 1.65. The highest BCUT2D eigenvalue weighted by Crippen LogP contribution is 2.18. The van der Waals surface area contributed by atoms with Gasteiger partial charge >= 0.3 is 0 Å². The first-order valence-electron chi connectivity index (χ1n) is 4.54. The maximum atomic E-state index is 11.0. The SMILES string of the molecule is Cn1nc(-c2cccc(Cl)n2)cc1C(N)=O. The van der Waals surface area contributed by atoms with Gasteiger partial charge in [-0.3, -0.25) is 9.48 Å². The fourth-order valence-electron chi connectivity index (χ4n) is 1.37. The van der Waals surface area contributed by atoms with Gasteiger partial charge in [0.1, 0.15) is 16.5 Å². The number of nitrogens with zero attached hydrogens (tertiary/aromatic N) is 3. The Morgan fingerprint density at radius 1 is 1.44 bits per heavy atom. The van der Waals surface area contributed by atoms with E-state index in [0.717, 1.165) is 0 Å². The zero-order valence-electron chi connectivity index (χ0n) is 8.51. The quantitative estimate of drug-likeness (QED) is 0.797. The number of aromatic nitrogens is 3. The Labute approximate surface area is 96.8 Å². The van der Waals surface area contributed by atoms with Crippen molar-refractivity contribution in [3.05, 3.63) is 35.1 Å². The van der Waals surface area contributed by atoms with Crippen LogP contribution in [0.5, 0.6) is 0 Å². The smallest absolute Gasteiger partial charge is 0.266 e. The van der Waals surface area contributed by atoms with Gasteiger partial charge in [-0.25, -0.2) is 4.98 Å². The largest absolute Gasteiger partial charge is 0.364 e. The average Bonchev–Trinajstić information content (AvgIpc) is 2.60. The van der Waals surface area contributed by atoms with Crippen LogP contribution >= 0.6 is 11.6 Å². The van der Waals surface area contributed by atoms with Crippen LogP contribution in [0.3, 0.4) is 0 Å². The highest BCUT2D eigenvalue weighted by atomic mass is 35.5. The molecule has 0 fully saturated rings. The Hall–Kier alpha value is -1.88. The van der Waals surface area contributed by atoms with E-state index in [0.29, 0.717) is 22.2 Å². The summed E-state index contributed by atoms with van der Waals surface area (Å²) in [5, 5.41) is 4.52. The molecule has 0 atom stereocenters. The third kappa shape index (κ3) is 1.90. The van der Waals surface area contributed by atoms with Crippen LogP contribution in [-0.2, 0) is 7.05 Å². The van der Waals surface area contributed by atoms with Crippen LogP contribution in [0.15, 0.2) is 24.3 Å². The van der Waals surface area contributed by atoms with Crippen LogP contribution in [0, 0.1) is 0 Å². The van der Waals surface area contributed by atoms with Crippen LogP contribution in [0.1, 0.15) is 10.5 Å². The Balaban J connectivity index is 2.49. The molecule has 0 saturated heterocycles. The fraction of sp³-hybridized carbons (Fsp3) is 0.100. The van der Waals surface area contributed by atoms with Crippen molar-refractivity contribution in [1.82, 2.24) is 14.8 Å². The third-order valence-electron chi connectivity index (χ3n) is 2.11. The lowest BCUT2D eigenvalue weighted by Crippen LogP contribution is -2.15. The first kappa shape index (κ1) is 10.6. The molecule has 0 aliphatic carbocycles. The highest BCUT2D eigenvalue weighted by molar-refractivity contribution is 6.29. The van der Waals surface area contributed by atoms with E-state index >= 15 is 0 Å². The lowest BCUT2D eigenvalue weighted by atomic mass is 10.2. The molecule has 82 valence electrons. The molecule has 2 N–H and O–H groups in total. The minimum atomic E-state index is -0.525. The topological polar surface area (TPSA) is 73.8 Å². The molecule has 0 radical (unpaired) electrons. The molecular weight excluding hydrogens is 228 g/mol. The van der Waals surface area contributed by atoms with Crippen LogP contribution in [0.2, 0.25) is 5.15 Å². The van der Waals surface area contributed by atoms with Crippen molar-refractivity contribution in [2.45, 2.75) is 0 Å². The first-order chi connectivity index (χ1) is 7.58. The van der Waals surface area contributed by atoms with Crippen molar-refractivity contribution < 1.29 is 4.79 Å². The molecule has 16 heavy (non-hydrogen) atoms. The van der Waals surface area contributed by atoms with Gasteiger partial charge in [-0.15, -0.1) is 0 Å². The van der Waals surface area contributed by atoms with Gasteiger partial charge < -0.3 is 5.73 Å². The number of carbonyl (C=O) groups is 1. The molecule has 2 aromatic rings. The molecule has 0 bridgehead atoms. The Morgan fingerprint density at radius 2 is 2.19 bits per heavy atom. The number of rotatable bonds is 2. The van der Waals surface area contributed by atoms with Crippen LogP contribution in [-0.4, -0.2) is 20.7 Å². The maximum absolute atomic E-state index is 11.0. The lowest BCUT2D eigenvalue weighted by Gasteiger charge is -1.95. The first-order valence-corrected chi connectivity index (χ1v) is 4.92. The molecule has 2 aromatic heterocycles. The summed E-state index contributed by atoms with van der Waals surface area (Å²) in [6, 6.07) is 6.78.